The molecule has 1 nitrogen and oxygen atoms in total. The molecule has 0 aliphatic heterocycles. The molecular weight excluding hydrogens is 356 g/mol. The van der Waals surface area contributed by atoms with Crippen molar-refractivity contribution in [1.29, 1.82) is 0 Å². The molecule has 0 amide bonds. The van der Waals surface area contributed by atoms with Crippen molar-refractivity contribution in [3.63, 3.8) is 0 Å². The van der Waals surface area contributed by atoms with Gasteiger partial charge >= 0.3 is 0 Å². The zero-order valence-corrected chi connectivity index (χ0v) is 14.1. The maximum atomic E-state index is 6.17. The summed E-state index contributed by atoms with van der Waals surface area (Å²) in [4.78, 5) is 0. The second kappa shape index (κ2) is 5.75. The van der Waals surface area contributed by atoms with Crippen LogP contribution >= 0.6 is 27.3 Å². The molecule has 0 saturated carbocycles. The van der Waals surface area contributed by atoms with Crippen LogP contribution in [-0.2, 0) is 0 Å². The maximum Gasteiger partial charge on any atom is 0.178 e. The monoisotopic (exact) mass is 368 g/mol. The minimum atomic E-state index is -0.149. The van der Waals surface area contributed by atoms with Gasteiger partial charge in [0.05, 0.1) is 4.70 Å². The van der Waals surface area contributed by atoms with Crippen LogP contribution in [0.3, 0.4) is 0 Å². The molecule has 0 fully saturated rings. The third kappa shape index (κ3) is 2.40. The van der Waals surface area contributed by atoms with Crippen molar-refractivity contribution < 1.29 is 4.74 Å². The highest BCUT2D eigenvalue weighted by Gasteiger charge is 2.13. The van der Waals surface area contributed by atoms with Crippen LogP contribution in [0.25, 0.3) is 20.2 Å². The van der Waals surface area contributed by atoms with Crippen LogP contribution in [0.1, 0.15) is 10.6 Å². The van der Waals surface area contributed by atoms with Gasteiger partial charge in [-0.3, -0.25) is 0 Å². The lowest BCUT2D eigenvalue weighted by Gasteiger charge is -2.14. The number of halogens is 1. The summed E-state index contributed by atoms with van der Waals surface area (Å²) >= 11 is 5.41. The number of benzene rings is 3. The smallest absolute Gasteiger partial charge is 0.178 e. The predicted molar refractivity (Wildman–Crippen MR) is 98.1 cm³/mol. The second-order valence-electron chi connectivity index (χ2n) is 5.08. The van der Waals surface area contributed by atoms with Crippen LogP contribution in [0.5, 0.6) is 5.75 Å². The molecule has 1 heterocycles. The normalized spacial score (nSPS) is 12.6. The van der Waals surface area contributed by atoms with E-state index in [2.05, 4.69) is 64.5 Å². The van der Waals surface area contributed by atoms with Gasteiger partial charge in [-0.05, 0) is 28.1 Å². The molecule has 0 spiro atoms. The summed E-state index contributed by atoms with van der Waals surface area (Å²) in [5.41, 5.74) is 1.11. The summed E-state index contributed by atoms with van der Waals surface area (Å²) in [6, 6.07) is 24.9. The van der Waals surface area contributed by atoms with Crippen molar-refractivity contribution >= 4 is 47.4 Å². The van der Waals surface area contributed by atoms with E-state index in [1.165, 1.54) is 20.2 Å². The van der Waals surface area contributed by atoms with Crippen LogP contribution in [0.4, 0.5) is 0 Å². The summed E-state index contributed by atoms with van der Waals surface area (Å²) in [5, 5.41) is 2.40. The van der Waals surface area contributed by atoms with Crippen LogP contribution in [0, 0.1) is 0 Å². The number of thiophene rings is 1. The van der Waals surface area contributed by atoms with E-state index in [-0.39, 0.29) is 5.01 Å². The van der Waals surface area contributed by atoms with Gasteiger partial charge in [0.25, 0.3) is 0 Å². The van der Waals surface area contributed by atoms with Gasteiger partial charge in [0, 0.05) is 21.0 Å². The number of ether oxygens (including phenoxy) is 1. The fraction of sp³-hybridized carbons (Fsp3) is 0.0526. The molecule has 3 heteroatoms. The first-order chi connectivity index (χ1) is 10.8. The van der Waals surface area contributed by atoms with Crippen molar-refractivity contribution in [3.05, 3.63) is 78.4 Å². The van der Waals surface area contributed by atoms with Gasteiger partial charge in [0.1, 0.15) is 5.75 Å². The SMILES string of the molecule is BrC(Oc1cccc2c1sc1ccccc12)c1ccccc1. The number of rotatable bonds is 3. The molecule has 3 aromatic carbocycles. The molecule has 108 valence electrons. The summed E-state index contributed by atoms with van der Waals surface area (Å²) in [7, 11) is 0. The zero-order valence-electron chi connectivity index (χ0n) is 11.7. The van der Waals surface area contributed by atoms with Gasteiger partial charge in [-0.15, -0.1) is 11.3 Å². The first kappa shape index (κ1) is 13.8. The van der Waals surface area contributed by atoms with E-state index in [0.29, 0.717) is 0 Å². The van der Waals surface area contributed by atoms with E-state index in [1.807, 2.05) is 24.3 Å². The molecule has 1 atom stereocenters. The third-order valence-electron chi connectivity index (χ3n) is 3.66. The lowest BCUT2D eigenvalue weighted by atomic mass is 10.1. The molecule has 0 aliphatic carbocycles. The predicted octanol–water partition coefficient (Wildman–Crippen LogP) is 6.53. The first-order valence-electron chi connectivity index (χ1n) is 7.09. The molecule has 0 N–H and O–H groups in total. The van der Waals surface area contributed by atoms with Crippen molar-refractivity contribution in [2.75, 3.05) is 0 Å². The summed E-state index contributed by atoms with van der Waals surface area (Å²) in [6.45, 7) is 0. The van der Waals surface area contributed by atoms with Crippen LogP contribution in [-0.4, -0.2) is 0 Å². The van der Waals surface area contributed by atoms with E-state index in [1.54, 1.807) is 11.3 Å². The molecule has 0 bridgehead atoms. The lowest BCUT2D eigenvalue weighted by molar-refractivity contribution is 0.306. The minimum Gasteiger partial charge on any atom is -0.473 e. The van der Waals surface area contributed by atoms with Crippen molar-refractivity contribution in [3.8, 4) is 5.75 Å². The van der Waals surface area contributed by atoms with Crippen LogP contribution < -0.4 is 4.74 Å². The third-order valence-corrected chi connectivity index (χ3v) is 5.58. The van der Waals surface area contributed by atoms with Crippen molar-refractivity contribution in [1.82, 2.24) is 0 Å². The average molecular weight is 369 g/mol. The fourth-order valence-corrected chi connectivity index (χ4v) is 4.26. The van der Waals surface area contributed by atoms with Crippen LogP contribution in [0.2, 0.25) is 0 Å². The van der Waals surface area contributed by atoms with Gasteiger partial charge in [-0.2, -0.15) is 0 Å². The average Bonchev–Trinajstić information content (AvgIpc) is 2.95. The van der Waals surface area contributed by atoms with Gasteiger partial charge in [0.2, 0.25) is 0 Å². The zero-order chi connectivity index (χ0) is 14.9. The molecule has 4 aromatic rings. The lowest BCUT2D eigenvalue weighted by Crippen LogP contribution is -1.99. The number of fused-ring (bicyclic) bond motifs is 3. The van der Waals surface area contributed by atoms with E-state index in [9.17, 15) is 0 Å². The topological polar surface area (TPSA) is 9.23 Å². The Morgan fingerprint density at radius 1 is 0.773 bits per heavy atom. The summed E-state index contributed by atoms with van der Waals surface area (Å²) in [5.74, 6) is 0.921. The molecule has 1 aromatic heterocycles. The van der Waals surface area contributed by atoms with Gasteiger partial charge in [0.15, 0.2) is 5.01 Å². The Balaban J connectivity index is 1.79. The highest BCUT2D eigenvalue weighted by Crippen LogP contribution is 2.41. The Morgan fingerprint density at radius 2 is 1.50 bits per heavy atom. The van der Waals surface area contributed by atoms with Crippen molar-refractivity contribution in [2.24, 2.45) is 0 Å². The van der Waals surface area contributed by atoms with Crippen molar-refractivity contribution in [2.45, 2.75) is 5.01 Å². The number of alkyl halides is 1. The molecule has 4 rings (SSSR count). The quantitative estimate of drug-likeness (QED) is 0.373. The molecule has 1 unspecified atom stereocenters. The summed E-state index contributed by atoms with van der Waals surface area (Å²) in [6.07, 6.45) is 0. The van der Waals surface area contributed by atoms with E-state index in [4.69, 9.17) is 4.74 Å². The Hall–Kier alpha value is -1.84. The Bertz CT molecular complexity index is 930. The van der Waals surface area contributed by atoms with E-state index >= 15 is 0 Å². The Labute approximate surface area is 141 Å². The molecule has 0 aliphatic rings. The number of hydrogen-bond donors (Lipinski definition) is 0. The summed E-state index contributed by atoms with van der Waals surface area (Å²) < 4.78 is 8.66. The second-order valence-corrected chi connectivity index (χ2v) is 6.96. The fourth-order valence-electron chi connectivity index (χ4n) is 2.60. The van der Waals surface area contributed by atoms with Gasteiger partial charge in [-0.25, -0.2) is 0 Å². The van der Waals surface area contributed by atoms with E-state index < -0.39 is 0 Å². The highest BCUT2D eigenvalue weighted by atomic mass is 79.9. The van der Waals surface area contributed by atoms with E-state index in [0.717, 1.165) is 11.3 Å². The molecule has 22 heavy (non-hydrogen) atoms. The van der Waals surface area contributed by atoms with Gasteiger partial charge < -0.3 is 4.74 Å². The molecular formula is C19H13BrOS. The number of hydrogen-bond acceptors (Lipinski definition) is 2. The Kier molecular flexibility index (Phi) is 3.60. The molecule has 0 saturated heterocycles. The standard InChI is InChI=1S/C19H13BrOS/c20-19(13-7-2-1-3-8-13)21-16-11-6-10-15-14-9-4-5-12-17(14)22-18(15)16/h1-12,19H. The minimum absolute atomic E-state index is 0.149. The molecule has 0 radical (unpaired) electrons. The highest BCUT2D eigenvalue weighted by molar-refractivity contribution is 9.09. The largest absolute Gasteiger partial charge is 0.473 e. The maximum absolute atomic E-state index is 6.17. The Morgan fingerprint density at radius 3 is 2.36 bits per heavy atom. The first-order valence-corrected chi connectivity index (χ1v) is 8.82. The van der Waals surface area contributed by atoms with Gasteiger partial charge in [-0.1, -0.05) is 60.7 Å². The van der Waals surface area contributed by atoms with Crippen LogP contribution in [0.15, 0.2) is 72.8 Å².